The van der Waals surface area contributed by atoms with Crippen LogP contribution in [0.15, 0.2) is 48.5 Å². The second-order valence-electron chi connectivity index (χ2n) is 4.61. The van der Waals surface area contributed by atoms with Gasteiger partial charge in [-0.3, -0.25) is 0 Å². The SMILES string of the molecule is Cc1ccc(CNC(CO)c2ccccc2)cc1F. The fourth-order valence-electron chi connectivity index (χ4n) is 1.96. The summed E-state index contributed by atoms with van der Waals surface area (Å²) in [5.41, 5.74) is 2.54. The number of hydrogen-bond donors (Lipinski definition) is 2. The van der Waals surface area contributed by atoms with Crippen LogP contribution in [0.4, 0.5) is 4.39 Å². The molecule has 0 aliphatic rings. The van der Waals surface area contributed by atoms with Gasteiger partial charge in [-0.1, -0.05) is 42.5 Å². The topological polar surface area (TPSA) is 32.3 Å². The van der Waals surface area contributed by atoms with E-state index in [1.54, 1.807) is 13.0 Å². The van der Waals surface area contributed by atoms with Gasteiger partial charge >= 0.3 is 0 Å². The van der Waals surface area contributed by atoms with Crippen molar-refractivity contribution in [2.75, 3.05) is 6.61 Å². The molecule has 3 heteroatoms. The normalized spacial score (nSPS) is 12.4. The monoisotopic (exact) mass is 259 g/mol. The van der Waals surface area contributed by atoms with E-state index in [2.05, 4.69) is 5.32 Å². The van der Waals surface area contributed by atoms with Crippen molar-refractivity contribution < 1.29 is 9.50 Å². The summed E-state index contributed by atoms with van der Waals surface area (Å²) in [5, 5.41) is 12.7. The lowest BCUT2D eigenvalue weighted by atomic mass is 10.1. The van der Waals surface area contributed by atoms with Crippen LogP contribution < -0.4 is 5.32 Å². The second kappa shape index (κ2) is 6.45. The van der Waals surface area contributed by atoms with E-state index in [-0.39, 0.29) is 18.5 Å². The molecule has 0 radical (unpaired) electrons. The molecular weight excluding hydrogens is 241 g/mol. The summed E-state index contributed by atoms with van der Waals surface area (Å²) >= 11 is 0. The number of nitrogens with one attached hydrogen (secondary N) is 1. The van der Waals surface area contributed by atoms with E-state index in [1.807, 2.05) is 36.4 Å². The minimum atomic E-state index is -0.195. The second-order valence-corrected chi connectivity index (χ2v) is 4.61. The summed E-state index contributed by atoms with van der Waals surface area (Å²) in [4.78, 5) is 0. The number of aryl methyl sites for hydroxylation is 1. The van der Waals surface area contributed by atoms with Crippen molar-refractivity contribution in [3.05, 3.63) is 71.0 Å². The molecule has 1 unspecified atom stereocenters. The maximum absolute atomic E-state index is 13.4. The van der Waals surface area contributed by atoms with E-state index in [0.29, 0.717) is 12.1 Å². The van der Waals surface area contributed by atoms with Crippen LogP contribution in [0.3, 0.4) is 0 Å². The Kier molecular flexibility index (Phi) is 4.66. The molecule has 0 saturated carbocycles. The molecule has 0 aliphatic heterocycles. The third-order valence-electron chi connectivity index (χ3n) is 3.17. The minimum absolute atomic E-state index is 0.0123. The van der Waals surface area contributed by atoms with Crippen molar-refractivity contribution in [2.24, 2.45) is 0 Å². The molecule has 2 N–H and O–H groups in total. The van der Waals surface area contributed by atoms with Crippen molar-refractivity contribution in [3.63, 3.8) is 0 Å². The summed E-state index contributed by atoms with van der Waals surface area (Å²) in [5.74, 6) is -0.195. The van der Waals surface area contributed by atoms with Crippen LogP contribution in [0.25, 0.3) is 0 Å². The summed E-state index contributed by atoms with van der Waals surface area (Å²) in [6.07, 6.45) is 0. The van der Waals surface area contributed by atoms with Crippen molar-refractivity contribution in [1.82, 2.24) is 5.32 Å². The van der Waals surface area contributed by atoms with Gasteiger partial charge in [-0.2, -0.15) is 0 Å². The number of benzene rings is 2. The molecule has 2 aromatic carbocycles. The lowest BCUT2D eigenvalue weighted by Gasteiger charge is -2.17. The predicted octanol–water partition coefficient (Wildman–Crippen LogP) is 2.96. The highest BCUT2D eigenvalue weighted by Gasteiger charge is 2.09. The van der Waals surface area contributed by atoms with E-state index >= 15 is 0 Å². The van der Waals surface area contributed by atoms with Crippen LogP contribution in [-0.2, 0) is 6.54 Å². The summed E-state index contributed by atoms with van der Waals surface area (Å²) < 4.78 is 13.4. The van der Waals surface area contributed by atoms with E-state index in [9.17, 15) is 9.50 Å². The molecule has 0 amide bonds. The summed E-state index contributed by atoms with van der Waals surface area (Å²) in [6, 6.07) is 14.8. The first-order chi connectivity index (χ1) is 9.20. The third kappa shape index (κ3) is 3.63. The van der Waals surface area contributed by atoms with Gasteiger partial charge in [0, 0.05) is 6.54 Å². The molecule has 0 spiro atoms. The molecule has 2 rings (SSSR count). The number of aliphatic hydroxyl groups is 1. The zero-order valence-electron chi connectivity index (χ0n) is 10.9. The lowest BCUT2D eigenvalue weighted by molar-refractivity contribution is 0.243. The van der Waals surface area contributed by atoms with E-state index < -0.39 is 0 Å². The van der Waals surface area contributed by atoms with Gasteiger partial charge < -0.3 is 10.4 Å². The minimum Gasteiger partial charge on any atom is -0.394 e. The Morgan fingerprint density at radius 1 is 1.16 bits per heavy atom. The molecule has 0 aromatic heterocycles. The van der Waals surface area contributed by atoms with Gasteiger partial charge in [-0.05, 0) is 29.7 Å². The summed E-state index contributed by atoms with van der Waals surface area (Å²) in [7, 11) is 0. The average molecular weight is 259 g/mol. The van der Waals surface area contributed by atoms with Gasteiger partial charge in [0.05, 0.1) is 12.6 Å². The zero-order valence-corrected chi connectivity index (χ0v) is 10.9. The Balaban J connectivity index is 2.02. The first kappa shape index (κ1) is 13.7. The Labute approximate surface area is 112 Å². The fraction of sp³-hybridized carbons (Fsp3) is 0.250. The Hall–Kier alpha value is -1.71. The van der Waals surface area contributed by atoms with Gasteiger partial charge in [0.15, 0.2) is 0 Å². The highest BCUT2D eigenvalue weighted by Crippen LogP contribution is 2.14. The molecule has 0 aliphatic carbocycles. The molecular formula is C16H18FNO. The molecule has 0 fully saturated rings. The van der Waals surface area contributed by atoms with Crippen LogP contribution in [0.1, 0.15) is 22.7 Å². The zero-order chi connectivity index (χ0) is 13.7. The molecule has 0 heterocycles. The van der Waals surface area contributed by atoms with Crippen molar-refractivity contribution in [3.8, 4) is 0 Å². The maximum Gasteiger partial charge on any atom is 0.126 e. The molecule has 19 heavy (non-hydrogen) atoms. The molecule has 0 bridgehead atoms. The van der Waals surface area contributed by atoms with Crippen molar-refractivity contribution >= 4 is 0 Å². The fourth-order valence-corrected chi connectivity index (χ4v) is 1.96. The first-order valence-corrected chi connectivity index (χ1v) is 6.35. The highest BCUT2D eigenvalue weighted by molar-refractivity contribution is 5.24. The van der Waals surface area contributed by atoms with Crippen LogP contribution >= 0.6 is 0 Å². The van der Waals surface area contributed by atoms with Crippen LogP contribution in [-0.4, -0.2) is 11.7 Å². The molecule has 100 valence electrons. The lowest BCUT2D eigenvalue weighted by Crippen LogP contribution is -2.24. The van der Waals surface area contributed by atoms with Crippen LogP contribution in [0.5, 0.6) is 0 Å². The molecule has 1 atom stereocenters. The maximum atomic E-state index is 13.4. The molecule has 2 aromatic rings. The van der Waals surface area contributed by atoms with Crippen LogP contribution in [0, 0.1) is 12.7 Å². The van der Waals surface area contributed by atoms with Gasteiger partial charge in [-0.25, -0.2) is 4.39 Å². The van der Waals surface area contributed by atoms with Crippen LogP contribution in [0.2, 0.25) is 0 Å². The Bertz CT molecular complexity index is 528. The van der Waals surface area contributed by atoms with E-state index in [0.717, 1.165) is 11.1 Å². The third-order valence-corrected chi connectivity index (χ3v) is 3.17. The first-order valence-electron chi connectivity index (χ1n) is 6.35. The molecule has 0 saturated heterocycles. The molecule has 2 nitrogen and oxygen atoms in total. The smallest absolute Gasteiger partial charge is 0.126 e. The van der Waals surface area contributed by atoms with Gasteiger partial charge in [-0.15, -0.1) is 0 Å². The highest BCUT2D eigenvalue weighted by atomic mass is 19.1. The average Bonchev–Trinajstić information content (AvgIpc) is 2.44. The summed E-state index contributed by atoms with van der Waals surface area (Å²) in [6.45, 7) is 2.28. The van der Waals surface area contributed by atoms with Gasteiger partial charge in [0.1, 0.15) is 5.82 Å². The van der Waals surface area contributed by atoms with E-state index in [1.165, 1.54) is 6.07 Å². The van der Waals surface area contributed by atoms with Crippen molar-refractivity contribution in [1.29, 1.82) is 0 Å². The van der Waals surface area contributed by atoms with Crippen molar-refractivity contribution in [2.45, 2.75) is 19.5 Å². The number of rotatable bonds is 5. The standard InChI is InChI=1S/C16H18FNO/c1-12-7-8-13(9-15(12)17)10-18-16(11-19)14-5-3-2-4-6-14/h2-9,16,18-19H,10-11H2,1H3. The largest absolute Gasteiger partial charge is 0.394 e. The quantitative estimate of drug-likeness (QED) is 0.865. The number of aliphatic hydroxyl groups excluding tert-OH is 1. The number of hydrogen-bond acceptors (Lipinski definition) is 2. The van der Waals surface area contributed by atoms with Gasteiger partial charge in [0.25, 0.3) is 0 Å². The Morgan fingerprint density at radius 2 is 1.89 bits per heavy atom. The number of halogens is 1. The van der Waals surface area contributed by atoms with E-state index in [4.69, 9.17) is 0 Å². The van der Waals surface area contributed by atoms with Gasteiger partial charge in [0.2, 0.25) is 0 Å². The Morgan fingerprint density at radius 3 is 2.53 bits per heavy atom. The predicted molar refractivity (Wildman–Crippen MR) is 74.2 cm³/mol.